The summed E-state index contributed by atoms with van der Waals surface area (Å²) in [7, 11) is 1.55. The first-order valence-corrected chi connectivity index (χ1v) is 9.76. The molecule has 0 spiro atoms. The molecule has 1 amide bonds. The Labute approximate surface area is 178 Å². The highest BCUT2D eigenvalue weighted by molar-refractivity contribution is 6.04. The third-order valence-electron chi connectivity index (χ3n) is 4.70. The summed E-state index contributed by atoms with van der Waals surface area (Å²) in [6.07, 6.45) is 1.28. The normalized spacial score (nSPS) is 15.2. The van der Waals surface area contributed by atoms with E-state index in [1.54, 1.807) is 31.6 Å². The molecule has 0 radical (unpaired) electrons. The Bertz CT molecular complexity index is 1100. The topological polar surface area (TPSA) is 100 Å². The maximum Gasteiger partial charge on any atom is 0.259 e. The van der Waals surface area contributed by atoms with Crippen LogP contribution in [0.2, 0.25) is 0 Å². The van der Waals surface area contributed by atoms with E-state index in [4.69, 9.17) is 14.2 Å². The van der Waals surface area contributed by atoms with Crippen molar-refractivity contribution >= 4 is 11.7 Å². The molecule has 1 aliphatic rings. The zero-order valence-electron chi connectivity index (χ0n) is 17.3. The molecule has 3 heterocycles. The average molecular weight is 427 g/mol. The first-order chi connectivity index (χ1) is 15.0. The summed E-state index contributed by atoms with van der Waals surface area (Å²) >= 11 is 0. The minimum atomic E-state index is -0.722. The van der Waals surface area contributed by atoms with Crippen LogP contribution >= 0.6 is 0 Å². The molecule has 3 aromatic rings. The number of rotatable bonds is 6. The Morgan fingerprint density at radius 3 is 2.97 bits per heavy atom. The lowest BCUT2D eigenvalue weighted by atomic mass is 10.1. The van der Waals surface area contributed by atoms with Gasteiger partial charge in [0.05, 0.1) is 12.2 Å². The number of anilines is 1. The Kier molecular flexibility index (Phi) is 5.81. The highest BCUT2D eigenvalue weighted by Gasteiger charge is 2.25. The number of amides is 1. The molecule has 0 aliphatic carbocycles. The quantitative estimate of drug-likeness (QED) is 0.645. The summed E-state index contributed by atoms with van der Waals surface area (Å²) in [5.74, 6) is -0.0252. The number of methoxy groups -OCH3 is 1. The lowest BCUT2D eigenvalue weighted by Gasteiger charge is -2.26. The maximum atomic E-state index is 14.6. The van der Waals surface area contributed by atoms with Crippen LogP contribution < -0.4 is 14.8 Å². The number of ether oxygens (including phenoxy) is 3. The third kappa shape index (κ3) is 4.33. The van der Waals surface area contributed by atoms with Gasteiger partial charge in [0.25, 0.3) is 5.91 Å². The maximum absolute atomic E-state index is 14.6. The van der Waals surface area contributed by atoms with Gasteiger partial charge in [0.1, 0.15) is 30.3 Å². The van der Waals surface area contributed by atoms with Gasteiger partial charge in [-0.05, 0) is 32.0 Å². The van der Waals surface area contributed by atoms with Crippen LogP contribution in [0.5, 0.6) is 11.5 Å². The fourth-order valence-corrected chi connectivity index (χ4v) is 3.19. The number of carbonyl (C=O) groups excluding carboxylic acids is 1. The van der Waals surface area contributed by atoms with Gasteiger partial charge in [0.15, 0.2) is 23.4 Å². The van der Waals surface area contributed by atoms with Crippen LogP contribution in [0.3, 0.4) is 0 Å². The molecule has 1 atom stereocenters. The summed E-state index contributed by atoms with van der Waals surface area (Å²) in [5.41, 5.74) is 0.354. The van der Waals surface area contributed by atoms with Crippen molar-refractivity contribution < 1.29 is 23.4 Å². The summed E-state index contributed by atoms with van der Waals surface area (Å²) < 4.78 is 32.7. The van der Waals surface area contributed by atoms with Crippen molar-refractivity contribution in [1.29, 1.82) is 0 Å². The third-order valence-corrected chi connectivity index (χ3v) is 4.70. The van der Waals surface area contributed by atoms with Gasteiger partial charge in [-0.3, -0.25) is 4.79 Å². The molecule has 1 aliphatic heterocycles. The first kappa shape index (κ1) is 20.7. The highest BCUT2D eigenvalue weighted by atomic mass is 19.1. The van der Waals surface area contributed by atoms with Gasteiger partial charge in [-0.2, -0.15) is 0 Å². The molecule has 2 aromatic heterocycles. The molecule has 9 nitrogen and oxygen atoms in total. The van der Waals surface area contributed by atoms with E-state index < -0.39 is 11.7 Å². The molecule has 0 fully saturated rings. The van der Waals surface area contributed by atoms with Gasteiger partial charge in [-0.15, -0.1) is 10.2 Å². The Morgan fingerprint density at radius 1 is 1.35 bits per heavy atom. The van der Waals surface area contributed by atoms with Crippen molar-refractivity contribution in [3.8, 4) is 23.0 Å². The number of nitrogens with zero attached hydrogens (tertiary/aromatic N) is 4. The molecule has 31 heavy (non-hydrogen) atoms. The van der Waals surface area contributed by atoms with Crippen molar-refractivity contribution in [2.24, 2.45) is 0 Å². The van der Waals surface area contributed by atoms with Crippen molar-refractivity contribution in [1.82, 2.24) is 19.7 Å². The first-order valence-electron chi connectivity index (χ1n) is 9.76. The standard InChI is InChI=1S/C21H22FN5O4/c1-12(2)27-11-23-26-20(27)16-5-4-6-19(24-16)25-21(28)14-7-18-17(8-15(14)22)30-10-13(31-18)9-29-3/h4-8,11-13H,9-10H2,1-3H3,(H,24,25,28). The van der Waals surface area contributed by atoms with E-state index in [-0.39, 0.29) is 41.6 Å². The molecule has 10 heteroatoms. The minimum absolute atomic E-state index is 0.138. The number of halogens is 1. The zero-order chi connectivity index (χ0) is 22.0. The Balaban J connectivity index is 1.56. The fourth-order valence-electron chi connectivity index (χ4n) is 3.19. The van der Waals surface area contributed by atoms with Gasteiger partial charge in [-0.1, -0.05) is 6.07 Å². The number of nitrogens with one attached hydrogen (secondary N) is 1. The number of fused-ring (bicyclic) bond motifs is 1. The minimum Gasteiger partial charge on any atom is -0.486 e. The highest BCUT2D eigenvalue weighted by Crippen LogP contribution is 2.34. The molecule has 0 saturated heterocycles. The smallest absolute Gasteiger partial charge is 0.259 e. The number of hydrogen-bond donors (Lipinski definition) is 1. The van der Waals surface area contributed by atoms with E-state index in [0.717, 1.165) is 6.07 Å². The van der Waals surface area contributed by atoms with Gasteiger partial charge >= 0.3 is 0 Å². The number of benzene rings is 1. The van der Waals surface area contributed by atoms with E-state index in [9.17, 15) is 9.18 Å². The van der Waals surface area contributed by atoms with Crippen LogP contribution in [0.15, 0.2) is 36.7 Å². The largest absolute Gasteiger partial charge is 0.486 e. The lowest BCUT2D eigenvalue weighted by Crippen LogP contribution is -2.33. The van der Waals surface area contributed by atoms with Gasteiger partial charge < -0.3 is 24.1 Å². The molecule has 162 valence electrons. The number of hydrogen-bond acceptors (Lipinski definition) is 7. The molecule has 4 rings (SSSR count). The molecule has 0 saturated carbocycles. The summed E-state index contributed by atoms with van der Waals surface area (Å²) in [5, 5.41) is 10.7. The van der Waals surface area contributed by atoms with E-state index in [1.165, 1.54) is 6.07 Å². The van der Waals surface area contributed by atoms with Crippen LogP contribution in [-0.2, 0) is 4.74 Å². The van der Waals surface area contributed by atoms with E-state index in [2.05, 4.69) is 20.5 Å². The van der Waals surface area contributed by atoms with Gasteiger partial charge in [0.2, 0.25) is 0 Å². The average Bonchev–Trinajstić information content (AvgIpc) is 3.24. The number of pyridine rings is 1. The molecule has 0 bridgehead atoms. The van der Waals surface area contributed by atoms with E-state index >= 15 is 0 Å². The van der Waals surface area contributed by atoms with Crippen molar-refractivity contribution in [3.63, 3.8) is 0 Å². The van der Waals surface area contributed by atoms with E-state index in [1.807, 2.05) is 18.4 Å². The number of aromatic nitrogens is 4. The van der Waals surface area contributed by atoms with Crippen LogP contribution in [-0.4, -0.2) is 52.1 Å². The van der Waals surface area contributed by atoms with Crippen LogP contribution in [0, 0.1) is 5.82 Å². The van der Waals surface area contributed by atoms with Gasteiger partial charge in [0, 0.05) is 19.2 Å². The second-order valence-corrected chi connectivity index (χ2v) is 7.30. The van der Waals surface area contributed by atoms with Crippen molar-refractivity contribution in [2.45, 2.75) is 26.0 Å². The predicted molar refractivity (Wildman–Crippen MR) is 110 cm³/mol. The lowest BCUT2D eigenvalue weighted by molar-refractivity contribution is 0.0269. The van der Waals surface area contributed by atoms with Gasteiger partial charge in [-0.25, -0.2) is 9.37 Å². The molecular weight excluding hydrogens is 405 g/mol. The number of carbonyl (C=O) groups is 1. The predicted octanol–water partition coefficient (Wildman–Crippen LogP) is 3.10. The second kappa shape index (κ2) is 8.68. The molecular formula is C21H22FN5O4. The summed E-state index contributed by atoms with van der Waals surface area (Å²) in [6.45, 7) is 4.56. The summed E-state index contributed by atoms with van der Waals surface area (Å²) in [6, 6.07) is 7.70. The molecule has 1 N–H and O–H groups in total. The van der Waals surface area contributed by atoms with Crippen molar-refractivity contribution in [2.75, 3.05) is 25.6 Å². The van der Waals surface area contributed by atoms with Crippen molar-refractivity contribution in [3.05, 3.63) is 48.0 Å². The van der Waals surface area contributed by atoms with Crippen LogP contribution in [0.1, 0.15) is 30.2 Å². The van der Waals surface area contributed by atoms with Crippen LogP contribution in [0.25, 0.3) is 11.5 Å². The Hall–Kier alpha value is -3.53. The Morgan fingerprint density at radius 2 is 2.19 bits per heavy atom. The fraction of sp³-hybridized carbons (Fsp3) is 0.333. The SMILES string of the molecule is COCC1COc2cc(F)c(C(=O)Nc3cccc(-c4nncn4C(C)C)n3)cc2O1. The zero-order valence-corrected chi connectivity index (χ0v) is 17.3. The van der Waals surface area contributed by atoms with Crippen LogP contribution in [0.4, 0.5) is 10.2 Å². The molecule has 1 unspecified atom stereocenters. The van der Waals surface area contributed by atoms with E-state index in [0.29, 0.717) is 18.1 Å². The molecule has 1 aromatic carbocycles. The summed E-state index contributed by atoms with van der Waals surface area (Å²) in [4.78, 5) is 17.2. The monoisotopic (exact) mass is 427 g/mol. The second-order valence-electron chi connectivity index (χ2n) is 7.30.